The van der Waals surface area contributed by atoms with E-state index >= 15 is 0 Å². The maximum absolute atomic E-state index is 13.5. The lowest BCUT2D eigenvalue weighted by molar-refractivity contribution is 0.576. The molecule has 108 valence electrons. The third kappa shape index (κ3) is 3.66. The van der Waals surface area contributed by atoms with E-state index in [9.17, 15) is 8.78 Å². The third-order valence-electron chi connectivity index (χ3n) is 2.86. The minimum Gasteiger partial charge on any atom is -0.371 e. The molecular weight excluding hydrogens is 264 g/mol. The summed E-state index contributed by atoms with van der Waals surface area (Å²) in [6.45, 7) is 1.44. The number of halogens is 2. The summed E-state index contributed by atoms with van der Waals surface area (Å²) in [4.78, 5) is 7.80. The van der Waals surface area contributed by atoms with Crippen molar-refractivity contribution in [2.75, 3.05) is 24.2 Å². The van der Waals surface area contributed by atoms with Gasteiger partial charge in [0.05, 0.1) is 6.33 Å². The van der Waals surface area contributed by atoms with Crippen LogP contribution in [-0.4, -0.2) is 28.1 Å². The van der Waals surface area contributed by atoms with Gasteiger partial charge in [0.2, 0.25) is 0 Å². The van der Waals surface area contributed by atoms with Gasteiger partial charge in [-0.05, 0) is 12.8 Å². The Morgan fingerprint density at radius 2 is 2.00 bits per heavy atom. The van der Waals surface area contributed by atoms with E-state index in [1.807, 2.05) is 10.8 Å². The Bertz CT molecular complexity index is 542. The fraction of sp³-hybridized carbons (Fsp3) is 0.385. The van der Waals surface area contributed by atoms with Gasteiger partial charge in [-0.25, -0.2) is 18.7 Å². The number of nitrogens with zero attached hydrogens (tertiary/aromatic N) is 3. The van der Waals surface area contributed by atoms with E-state index in [4.69, 9.17) is 0 Å². The number of unbranched alkanes of at least 4 members (excludes halogenated alkanes) is 1. The Labute approximate surface area is 116 Å². The second kappa shape index (κ2) is 6.83. The minimum absolute atomic E-state index is 0.0346. The molecule has 0 aliphatic heterocycles. The zero-order chi connectivity index (χ0) is 14.4. The zero-order valence-corrected chi connectivity index (χ0v) is 11.2. The SMILES string of the molecule is CNc1nc(NCCCCn2ccnc2)c(F)cc1F. The molecule has 0 aliphatic carbocycles. The normalized spacial score (nSPS) is 10.6. The van der Waals surface area contributed by atoms with Crippen LogP contribution in [0.5, 0.6) is 0 Å². The van der Waals surface area contributed by atoms with Gasteiger partial charge in [-0.15, -0.1) is 0 Å². The van der Waals surface area contributed by atoms with Crippen LogP contribution in [0.2, 0.25) is 0 Å². The number of nitrogens with one attached hydrogen (secondary N) is 2. The van der Waals surface area contributed by atoms with Crippen molar-refractivity contribution in [2.45, 2.75) is 19.4 Å². The van der Waals surface area contributed by atoms with E-state index in [-0.39, 0.29) is 11.6 Å². The third-order valence-corrected chi connectivity index (χ3v) is 2.86. The van der Waals surface area contributed by atoms with Gasteiger partial charge >= 0.3 is 0 Å². The molecule has 0 radical (unpaired) electrons. The predicted octanol–water partition coefficient (Wildman–Crippen LogP) is 2.49. The number of pyridine rings is 1. The summed E-state index contributed by atoms with van der Waals surface area (Å²) in [6, 6.07) is 0.826. The van der Waals surface area contributed by atoms with Crippen LogP contribution in [0.3, 0.4) is 0 Å². The van der Waals surface area contributed by atoms with E-state index in [0.29, 0.717) is 6.54 Å². The monoisotopic (exact) mass is 281 g/mol. The van der Waals surface area contributed by atoms with Crippen molar-refractivity contribution < 1.29 is 8.78 Å². The first-order chi connectivity index (χ1) is 9.70. The standard InChI is InChI=1S/C13H17F2N5/c1-16-12-10(14)8-11(15)13(19-12)18-4-2-3-6-20-7-5-17-9-20/h5,7-9H,2-4,6H2,1H3,(H2,16,18,19). The summed E-state index contributed by atoms with van der Waals surface area (Å²) in [7, 11) is 1.54. The Morgan fingerprint density at radius 3 is 2.70 bits per heavy atom. The zero-order valence-electron chi connectivity index (χ0n) is 11.2. The van der Waals surface area contributed by atoms with Gasteiger partial charge in [-0.3, -0.25) is 0 Å². The van der Waals surface area contributed by atoms with Crippen molar-refractivity contribution in [3.05, 3.63) is 36.4 Å². The van der Waals surface area contributed by atoms with Crippen LogP contribution in [0.25, 0.3) is 0 Å². The van der Waals surface area contributed by atoms with Crippen molar-refractivity contribution >= 4 is 11.6 Å². The van der Waals surface area contributed by atoms with E-state index < -0.39 is 11.6 Å². The first-order valence-electron chi connectivity index (χ1n) is 6.44. The van der Waals surface area contributed by atoms with Crippen LogP contribution in [-0.2, 0) is 6.54 Å². The molecule has 0 amide bonds. The molecule has 0 unspecified atom stereocenters. The molecule has 2 heterocycles. The molecule has 0 spiro atoms. The van der Waals surface area contributed by atoms with Gasteiger partial charge in [0.1, 0.15) is 0 Å². The van der Waals surface area contributed by atoms with Crippen molar-refractivity contribution in [1.29, 1.82) is 0 Å². The second-order valence-electron chi connectivity index (χ2n) is 4.33. The molecule has 0 fully saturated rings. The van der Waals surface area contributed by atoms with E-state index in [1.165, 1.54) is 7.05 Å². The first kappa shape index (κ1) is 14.2. The molecule has 0 atom stereocenters. The van der Waals surface area contributed by atoms with Crippen LogP contribution in [0.1, 0.15) is 12.8 Å². The second-order valence-corrected chi connectivity index (χ2v) is 4.33. The smallest absolute Gasteiger partial charge is 0.168 e. The lowest BCUT2D eigenvalue weighted by Gasteiger charge is -2.09. The summed E-state index contributed by atoms with van der Waals surface area (Å²) in [5, 5.41) is 5.46. The number of aryl methyl sites for hydroxylation is 1. The van der Waals surface area contributed by atoms with Crippen LogP contribution in [0.4, 0.5) is 20.4 Å². The van der Waals surface area contributed by atoms with Crippen molar-refractivity contribution in [3.63, 3.8) is 0 Å². The maximum atomic E-state index is 13.5. The highest BCUT2D eigenvalue weighted by Crippen LogP contribution is 2.18. The molecule has 20 heavy (non-hydrogen) atoms. The van der Waals surface area contributed by atoms with Gasteiger partial charge in [-0.1, -0.05) is 0 Å². The summed E-state index contributed by atoms with van der Waals surface area (Å²) in [5.74, 6) is -1.28. The molecule has 5 nitrogen and oxygen atoms in total. The number of hydrogen-bond acceptors (Lipinski definition) is 4. The molecule has 0 saturated heterocycles. The van der Waals surface area contributed by atoms with Gasteiger partial charge in [0.25, 0.3) is 0 Å². The van der Waals surface area contributed by atoms with Crippen molar-refractivity contribution in [3.8, 4) is 0 Å². The van der Waals surface area contributed by atoms with E-state index in [2.05, 4.69) is 20.6 Å². The molecule has 2 aromatic rings. The van der Waals surface area contributed by atoms with Crippen LogP contribution in [0, 0.1) is 11.6 Å². The number of hydrogen-bond donors (Lipinski definition) is 2. The van der Waals surface area contributed by atoms with Gasteiger partial charge in [0, 0.05) is 38.6 Å². The average Bonchev–Trinajstić information content (AvgIpc) is 2.93. The van der Waals surface area contributed by atoms with Crippen molar-refractivity contribution in [2.24, 2.45) is 0 Å². The molecule has 0 bridgehead atoms. The average molecular weight is 281 g/mol. The molecule has 0 saturated carbocycles. The Balaban J connectivity index is 1.79. The highest BCUT2D eigenvalue weighted by Gasteiger charge is 2.10. The number of anilines is 2. The number of aromatic nitrogens is 3. The maximum Gasteiger partial charge on any atom is 0.168 e. The first-order valence-corrected chi connectivity index (χ1v) is 6.44. The quantitative estimate of drug-likeness (QED) is 0.766. The topological polar surface area (TPSA) is 54.8 Å². The summed E-state index contributed by atoms with van der Waals surface area (Å²) < 4.78 is 28.7. The fourth-order valence-electron chi connectivity index (χ4n) is 1.81. The summed E-state index contributed by atoms with van der Waals surface area (Å²) in [5.41, 5.74) is 0. The summed E-state index contributed by atoms with van der Waals surface area (Å²) in [6.07, 6.45) is 7.17. The Hall–Kier alpha value is -2.18. The Kier molecular flexibility index (Phi) is 4.86. The lowest BCUT2D eigenvalue weighted by atomic mass is 10.3. The Morgan fingerprint density at radius 1 is 1.20 bits per heavy atom. The minimum atomic E-state index is -0.698. The van der Waals surface area contributed by atoms with E-state index in [1.54, 1.807) is 12.5 Å². The molecule has 7 heteroatoms. The molecule has 0 aliphatic rings. The van der Waals surface area contributed by atoms with E-state index in [0.717, 1.165) is 25.5 Å². The van der Waals surface area contributed by atoms with Crippen LogP contribution < -0.4 is 10.6 Å². The highest BCUT2D eigenvalue weighted by molar-refractivity contribution is 5.47. The largest absolute Gasteiger partial charge is 0.371 e. The van der Waals surface area contributed by atoms with Gasteiger partial charge in [0.15, 0.2) is 23.3 Å². The molecule has 0 aromatic carbocycles. The van der Waals surface area contributed by atoms with Gasteiger partial charge < -0.3 is 15.2 Å². The van der Waals surface area contributed by atoms with Crippen LogP contribution in [0.15, 0.2) is 24.8 Å². The molecule has 2 rings (SSSR count). The van der Waals surface area contributed by atoms with Crippen LogP contribution >= 0.6 is 0 Å². The molecular formula is C13H17F2N5. The number of rotatable bonds is 7. The predicted molar refractivity (Wildman–Crippen MR) is 73.7 cm³/mol. The number of imidazole rings is 1. The lowest BCUT2D eigenvalue weighted by Crippen LogP contribution is -2.09. The van der Waals surface area contributed by atoms with Gasteiger partial charge in [-0.2, -0.15) is 0 Å². The molecule has 2 aromatic heterocycles. The molecule has 2 N–H and O–H groups in total. The highest BCUT2D eigenvalue weighted by atomic mass is 19.1. The fourth-order valence-corrected chi connectivity index (χ4v) is 1.81. The van der Waals surface area contributed by atoms with Crippen molar-refractivity contribution in [1.82, 2.24) is 14.5 Å². The summed E-state index contributed by atoms with van der Waals surface area (Å²) >= 11 is 0.